The Morgan fingerprint density at radius 2 is 2.11 bits per heavy atom. The minimum Gasteiger partial charge on any atom is -0.396 e. The van der Waals surface area contributed by atoms with Gasteiger partial charge in [0.15, 0.2) is 0 Å². The molecule has 1 fully saturated rings. The smallest absolute Gasteiger partial charge is 0.396 e. The molecular weight excluding hydrogens is 283 g/mol. The van der Waals surface area contributed by atoms with Crippen molar-refractivity contribution in [2.24, 2.45) is 5.92 Å². The van der Waals surface area contributed by atoms with Gasteiger partial charge in [-0.25, -0.2) is 0 Å². The number of aliphatic hydroxyl groups is 1. The van der Waals surface area contributed by atoms with Crippen molar-refractivity contribution >= 4 is 23.2 Å². The fourth-order valence-corrected chi connectivity index (χ4v) is 2.25. The van der Waals surface area contributed by atoms with E-state index in [1.165, 1.54) is 4.90 Å². The largest absolute Gasteiger partial charge is 0.416 e. The Hall–Kier alpha value is -1.27. The molecule has 1 amide bonds. The van der Waals surface area contributed by atoms with Crippen LogP contribution in [0.1, 0.15) is 12.0 Å². The fraction of sp³-hybridized carbons (Fsp3) is 0.417. The van der Waals surface area contributed by atoms with Crippen molar-refractivity contribution in [2.45, 2.75) is 12.6 Å². The van der Waals surface area contributed by atoms with Gasteiger partial charge < -0.3 is 10.0 Å². The van der Waals surface area contributed by atoms with E-state index < -0.39 is 11.7 Å². The summed E-state index contributed by atoms with van der Waals surface area (Å²) in [5.74, 6) is -0.599. The maximum absolute atomic E-state index is 12.6. The van der Waals surface area contributed by atoms with Gasteiger partial charge in [-0.05, 0) is 18.2 Å². The number of halogens is 4. The molecule has 1 saturated heterocycles. The van der Waals surface area contributed by atoms with Gasteiger partial charge in [0.05, 0.1) is 16.3 Å². The van der Waals surface area contributed by atoms with Crippen LogP contribution in [0.4, 0.5) is 18.9 Å². The number of amides is 1. The van der Waals surface area contributed by atoms with E-state index in [0.29, 0.717) is 0 Å². The Labute approximate surface area is 112 Å². The number of hydrogen-bond acceptors (Lipinski definition) is 2. The average molecular weight is 294 g/mol. The Balaban J connectivity index is 2.37. The van der Waals surface area contributed by atoms with Crippen LogP contribution in [0.3, 0.4) is 0 Å². The first kappa shape index (κ1) is 14.1. The highest BCUT2D eigenvalue weighted by molar-refractivity contribution is 6.33. The van der Waals surface area contributed by atoms with Crippen LogP contribution < -0.4 is 4.90 Å². The van der Waals surface area contributed by atoms with Gasteiger partial charge in [0, 0.05) is 25.5 Å². The van der Waals surface area contributed by atoms with Gasteiger partial charge in [-0.15, -0.1) is 0 Å². The third-order valence-electron chi connectivity index (χ3n) is 3.03. The van der Waals surface area contributed by atoms with E-state index in [9.17, 15) is 18.0 Å². The summed E-state index contributed by atoms with van der Waals surface area (Å²) >= 11 is 5.86. The molecule has 1 aromatic carbocycles. The Morgan fingerprint density at radius 3 is 2.63 bits per heavy atom. The number of benzene rings is 1. The van der Waals surface area contributed by atoms with Crippen LogP contribution in [-0.2, 0) is 11.0 Å². The second-order valence-electron chi connectivity index (χ2n) is 4.42. The summed E-state index contributed by atoms with van der Waals surface area (Å²) in [5, 5.41) is 9.09. The summed E-state index contributed by atoms with van der Waals surface area (Å²) in [5.41, 5.74) is -0.815. The van der Waals surface area contributed by atoms with Gasteiger partial charge in [-0.1, -0.05) is 11.6 Å². The zero-order chi connectivity index (χ0) is 14.2. The van der Waals surface area contributed by atoms with Crippen LogP contribution in [-0.4, -0.2) is 24.2 Å². The average Bonchev–Trinajstić information content (AvgIpc) is 2.69. The molecule has 1 aromatic rings. The molecule has 1 aliphatic rings. The second-order valence-corrected chi connectivity index (χ2v) is 4.83. The van der Waals surface area contributed by atoms with Gasteiger partial charge in [-0.2, -0.15) is 13.2 Å². The molecule has 0 saturated carbocycles. The number of carbonyl (C=O) groups is 1. The van der Waals surface area contributed by atoms with Gasteiger partial charge in [0.25, 0.3) is 0 Å². The fourth-order valence-electron chi connectivity index (χ4n) is 2.03. The number of carbonyl (C=O) groups excluding carboxylic acids is 1. The first-order valence-corrected chi connectivity index (χ1v) is 5.98. The summed E-state index contributed by atoms with van der Waals surface area (Å²) < 4.78 is 37.9. The van der Waals surface area contributed by atoms with Crippen molar-refractivity contribution in [3.63, 3.8) is 0 Å². The molecule has 1 unspecified atom stereocenters. The molecule has 1 atom stereocenters. The second kappa shape index (κ2) is 5.02. The predicted octanol–water partition coefficient (Wildman–Crippen LogP) is 2.70. The molecule has 1 heterocycles. The third kappa shape index (κ3) is 2.84. The molecule has 7 heteroatoms. The van der Waals surface area contributed by atoms with Gasteiger partial charge in [0.1, 0.15) is 0 Å². The normalized spacial score (nSPS) is 20.2. The molecule has 0 aliphatic carbocycles. The van der Waals surface area contributed by atoms with Crippen LogP contribution in [0.15, 0.2) is 18.2 Å². The summed E-state index contributed by atoms with van der Waals surface area (Å²) in [6, 6.07) is 2.86. The molecule has 19 heavy (non-hydrogen) atoms. The minimum absolute atomic E-state index is 0.0393. The van der Waals surface area contributed by atoms with E-state index in [-0.39, 0.29) is 42.1 Å². The minimum atomic E-state index is -4.49. The van der Waals surface area contributed by atoms with Gasteiger partial charge >= 0.3 is 6.18 Å². The SMILES string of the molecule is O=C1CC(CO)CN1c1cc(C(F)(F)F)ccc1Cl. The summed E-state index contributed by atoms with van der Waals surface area (Å²) in [4.78, 5) is 12.9. The van der Waals surface area contributed by atoms with Gasteiger partial charge in [-0.3, -0.25) is 4.79 Å². The molecule has 1 aliphatic heterocycles. The molecule has 0 bridgehead atoms. The topological polar surface area (TPSA) is 40.5 Å². The number of hydrogen-bond donors (Lipinski definition) is 1. The maximum atomic E-state index is 12.6. The lowest BCUT2D eigenvalue weighted by Gasteiger charge is -2.19. The van der Waals surface area contributed by atoms with Crippen LogP contribution in [0.2, 0.25) is 5.02 Å². The third-order valence-corrected chi connectivity index (χ3v) is 3.35. The van der Waals surface area contributed by atoms with E-state index in [1.54, 1.807) is 0 Å². The van der Waals surface area contributed by atoms with Crippen molar-refractivity contribution < 1.29 is 23.1 Å². The van der Waals surface area contributed by atoms with Crippen molar-refractivity contribution in [2.75, 3.05) is 18.1 Å². The molecule has 0 spiro atoms. The van der Waals surface area contributed by atoms with Crippen LogP contribution >= 0.6 is 11.6 Å². The molecule has 2 rings (SSSR count). The van der Waals surface area contributed by atoms with Crippen LogP contribution in [0, 0.1) is 5.92 Å². The first-order chi connectivity index (χ1) is 8.82. The molecule has 3 nitrogen and oxygen atoms in total. The van der Waals surface area contributed by atoms with Crippen molar-refractivity contribution in [3.8, 4) is 0 Å². The van der Waals surface area contributed by atoms with E-state index in [4.69, 9.17) is 16.7 Å². The molecule has 0 aromatic heterocycles. The number of alkyl halides is 3. The Kier molecular flexibility index (Phi) is 3.73. The Morgan fingerprint density at radius 1 is 1.42 bits per heavy atom. The lowest BCUT2D eigenvalue weighted by Crippen LogP contribution is -2.25. The lowest BCUT2D eigenvalue weighted by atomic mass is 10.1. The monoisotopic (exact) mass is 293 g/mol. The first-order valence-electron chi connectivity index (χ1n) is 5.61. The summed E-state index contributed by atoms with van der Waals surface area (Å²) in [7, 11) is 0. The zero-order valence-electron chi connectivity index (χ0n) is 9.75. The number of rotatable bonds is 2. The van der Waals surface area contributed by atoms with Crippen molar-refractivity contribution in [1.82, 2.24) is 0 Å². The van der Waals surface area contributed by atoms with E-state index in [0.717, 1.165) is 18.2 Å². The van der Waals surface area contributed by atoms with E-state index in [2.05, 4.69) is 0 Å². The number of anilines is 1. The Bertz CT molecular complexity index is 504. The van der Waals surface area contributed by atoms with Crippen molar-refractivity contribution in [3.05, 3.63) is 28.8 Å². The van der Waals surface area contributed by atoms with Gasteiger partial charge in [0.2, 0.25) is 5.91 Å². The quantitative estimate of drug-likeness (QED) is 0.911. The molecule has 104 valence electrons. The lowest BCUT2D eigenvalue weighted by molar-refractivity contribution is -0.137. The summed E-state index contributed by atoms with van der Waals surface area (Å²) in [6.07, 6.45) is -4.37. The highest BCUT2D eigenvalue weighted by Gasteiger charge is 2.35. The zero-order valence-corrected chi connectivity index (χ0v) is 10.5. The van der Waals surface area contributed by atoms with E-state index in [1.807, 2.05) is 0 Å². The van der Waals surface area contributed by atoms with Crippen LogP contribution in [0.5, 0.6) is 0 Å². The number of nitrogens with zero attached hydrogens (tertiary/aromatic N) is 1. The number of aliphatic hydroxyl groups excluding tert-OH is 1. The van der Waals surface area contributed by atoms with Crippen molar-refractivity contribution in [1.29, 1.82) is 0 Å². The predicted molar refractivity (Wildman–Crippen MR) is 64.0 cm³/mol. The molecular formula is C12H11ClF3NO2. The highest BCUT2D eigenvalue weighted by Crippen LogP contribution is 2.37. The van der Waals surface area contributed by atoms with Crippen LogP contribution in [0.25, 0.3) is 0 Å². The summed E-state index contributed by atoms with van der Waals surface area (Å²) in [6.45, 7) is -0.00478. The standard InChI is InChI=1S/C12H11ClF3NO2/c13-9-2-1-8(12(14,15)16)4-10(9)17-5-7(6-18)3-11(17)19/h1-2,4,7,18H,3,5-6H2. The highest BCUT2D eigenvalue weighted by atomic mass is 35.5. The maximum Gasteiger partial charge on any atom is 0.416 e. The molecule has 0 radical (unpaired) electrons. The molecule has 1 N–H and O–H groups in total. The van der Waals surface area contributed by atoms with E-state index >= 15 is 0 Å².